The zero-order valence-electron chi connectivity index (χ0n) is 13.8. The zero-order chi connectivity index (χ0) is 18.8. The van der Waals surface area contributed by atoms with Crippen molar-refractivity contribution in [3.63, 3.8) is 0 Å². The molecule has 26 heavy (non-hydrogen) atoms. The number of para-hydroxylation sites is 1. The van der Waals surface area contributed by atoms with E-state index in [9.17, 15) is 23.2 Å². The van der Waals surface area contributed by atoms with Crippen LogP contribution < -0.4 is 16.6 Å². The van der Waals surface area contributed by atoms with Crippen LogP contribution in [0.3, 0.4) is 0 Å². The maximum absolute atomic E-state index is 13.8. The number of carbonyl (C=O) groups is 1. The van der Waals surface area contributed by atoms with Gasteiger partial charge in [-0.2, -0.15) is 0 Å². The average Bonchev–Trinajstić information content (AvgIpc) is 2.58. The lowest BCUT2D eigenvalue weighted by Crippen LogP contribution is -2.37. The summed E-state index contributed by atoms with van der Waals surface area (Å²) in [6.07, 6.45) is 0. The fourth-order valence-electron chi connectivity index (χ4n) is 2.76. The molecule has 0 aliphatic heterocycles. The van der Waals surface area contributed by atoms with E-state index >= 15 is 0 Å². The molecular formula is C18H15F2N3O3. The minimum atomic E-state index is -0.774. The predicted octanol–water partition coefficient (Wildman–Crippen LogP) is 1.85. The van der Waals surface area contributed by atoms with Crippen molar-refractivity contribution >= 4 is 16.8 Å². The van der Waals surface area contributed by atoms with Crippen LogP contribution in [0.25, 0.3) is 10.9 Å². The van der Waals surface area contributed by atoms with E-state index in [1.807, 2.05) is 0 Å². The Labute approximate surface area is 146 Å². The summed E-state index contributed by atoms with van der Waals surface area (Å²) in [5.74, 6) is -2.04. The molecule has 0 radical (unpaired) electrons. The van der Waals surface area contributed by atoms with Crippen molar-refractivity contribution in [2.45, 2.75) is 19.5 Å². The molecule has 8 heteroatoms. The Hall–Kier alpha value is -3.29. The van der Waals surface area contributed by atoms with Crippen molar-refractivity contribution in [2.75, 3.05) is 0 Å². The molecular weight excluding hydrogens is 344 g/mol. The van der Waals surface area contributed by atoms with Gasteiger partial charge in [-0.1, -0.05) is 18.2 Å². The SMILES string of the molecule is C[C@H](NC(=O)Cn1c(=O)[nH]c(=O)c2ccccc21)c1ccc(F)cc1F. The maximum Gasteiger partial charge on any atom is 0.329 e. The van der Waals surface area contributed by atoms with Crippen LogP contribution in [-0.2, 0) is 11.3 Å². The quantitative estimate of drug-likeness (QED) is 0.746. The van der Waals surface area contributed by atoms with Gasteiger partial charge in [-0.25, -0.2) is 13.6 Å². The van der Waals surface area contributed by atoms with Crippen LogP contribution in [0.15, 0.2) is 52.1 Å². The molecule has 0 aliphatic rings. The fraction of sp³-hybridized carbons (Fsp3) is 0.167. The number of hydrogen-bond donors (Lipinski definition) is 2. The van der Waals surface area contributed by atoms with Crippen molar-refractivity contribution in [1.82, 2.24) is 14.9 Å². The fourth-order valence-corrected chi connectivity index (χ4v) is 2.76. The van der Waals surface area contributed by atoms with Gasteiger partial charge in [0.1, 0.15) is 18.2 Å². The Kier molecular flexibility index (Phi) is 4.66. The van der Waals surface area contributed by atoms with E-state index < -0.39 is 34.8 Å². The number of halogens is 2. The molecule has 0 bridgehead atoms. The predicted molar refractivity (Wildman–Crippen MR) is 91.7 cm³/mol. The van der Waals surface area contributed by atoms with Crippen molar-refractivity contribution in [3.8, 4) is 0 Å². The number of rotatable bonds is 4. The zero-order valence-corrected chi connectivity index (χ0v) is 13.8. The van der Waals surface area contributed by atoms with Gasteiger partial charge in [-0.15, -0.1) is 0 Å². The minimum absolute atomic E-state index is 0.124. The Morgan fingerprint density at radius 3 is 2.65 bits per heavy atom. The van der Waals surface area contributed by atoms with E-state index in [1.165, 1.54) is 6.07 Å². The summed E-state index contributed by atoms with van der Waals surface area (Å²) in [7, 11) is 0. The van der Waals surface area contributed by atoms with Gasteiger partial charge in [-0.3, -0.25) is 19.1 Å². The van der Waals surface area contributed by atoms with Crippen LogP contribution in [0.1, 0.15) is 18.5 Å². The number of amides is 1. The highest BCUT2D eigenvalue weighted by Gasteiger charge is 2.16. The third-order valence-corrected chi connectivity index (χ3v) is 4.01. The molecule has 1 atom stereocenters. The van der Waals surface area contributed by atoms with Gasteiger partial charge < -0.3 is 5.32 Å². The minimum Gasteiger partial charge on any atom is -0.348 e. The summed E-state index contributed by atoms with van der Waals surface area (Å²) in [6, 6.07) is 8.74. The number of nitrogens with one attached hydrogen (secondary N) is 2. The van der Waals surface area contributed by atoms with Crippen LogP contribution >= 0.6 is 0 Å². The lowest BCUT2D eigenvalue weighted by atomic mass is 10.1. The number of fused-ring (bicyclic) bond motifs is 1. The summed E-state index contributed by atoms with van der Waals surface area (Å²) in [5.41, 5.74) is -0.816. The molecule has 0 unspecified atom stereocenters. The molecule has 0 aliphatic carbocycles. The number of hydrogen-bond acceptors (Lipinski definition) is 3. The summed E-state index contributed by atoms with van der Waals surface area (Å²) < 4.78 is 27.9. The first-order chi connectivity index (χ1) is 12.4. The number of aromatic nitrogens is 2. The van der Waals surface area contributed by atoms with Gasteiger partial charge in [-0.05, 0) is 25.1 Å². The summed E-state index contributed by atoms with van der Waals surface area (Å²) in [4.78, 5) is 38.3. The second-order valence-corrected chi connectivity index (χ2v) is 5.82. The molecule has 134 valence electrons. The second kappa shape index (κ2) is 6.91. The molecule has 3 rings (SSSR count). The van der Waals surface area contributed by atoms with Crippen molar-refractivity contribution in [2.24, 2.45) is 0 Å². The van der Waals surface area contributed by atoms with Crippen molar-refractivity contribution < 1.29 is 13.6 Å². The molecule has 1 heterocycles. The van der Waals surface area contributed by atoms with Gasteiger partial charge in [0.2, 0.25) is 5.91 Å². The first-order valence-corrected chi connectivity index (χ1v) is 7.83. The van der Waals surface area contributed by atoms with Crippen LogP contribution in [0.4, 0.5) is 8.78 Å². The third kappa shape index (κ3) is 3.39. The van der Waals surface area contributed by atoms with Gasteiger partial charge >= 0.3 is 5.69 Å². The maximum atomic E-state index is 13.8. The normalized spacial score (nSPS) is 12.1. The average molecular weight is 359 g/mol. The third-order valence-electron chi connectivity index (χ3n) is 4.01. The largest absolute Gasteiger partial charge is 0.348 e. The highest BCUT2D eigenvalue weighted by Crippen LogP contribution is 2.17. The van der Waals surface area contributed by atoms with Gasteiger partial charge in [0.15, 0.2) is 0 Å². The Balaban J connectivity index is 1.86. The summed E-state index contributed by atoms with van der Waals surface area (Å²) in [6.45, 7) is 1.19. The van der Waals surface area contributed by atoms with Gasteiger partial charge in [0.05, 0.1) is 16.9 Å². The highest BCUT2D eigenvalue weighted by molar-refractivity contribution is 5.81. The van der Waals surface area contributed by atoms with Crippen LogP contribution in [-0.4, -0.2) is 15.5 Å². The Morgan fingerprint density at radius 2 is 1.92 bits per heavy atom. The molecule has 0 spiro atoms. The molecule has 6 nitrogen and oxygen atoms in total. The molecule has 0 saturated carbocycles. The summed E-state index contributed by atoms with van der Waals surface area (Å²) in [5, 5.41) is 2.83. The molecule has 2 N–H and O–H groups in total. The van der Waals surface area contributed by atoms with E-state index in [2.05, 4.69) is 10.3 Å². The number of nitrogens with zero attached hydrogens (tertiary/aromatic N) is 1. The number of benzene rings is 2. The molecule has 2 aromatic carbocycles. The molecule has 0 fully saturated rings. The van der Waals surface area contributed by atoms with Gasteiger partial charge in [0, 0.05) is 11.6 Å². The van der Waals surface area contributed by atoms with Crippen molar-refractivity contribution in [3.05, 3.63) is 80.5 Å². The van der Waals surface area contributed by atoms with E-state index in [4.69, 9.17) is 0 Å². The molecule has 1 amide bonds. The number of carbonyl (C=O) groups excluding carboxylic acids is 1. The van der Waals surface area contributed by atoms with E-state index in [1.54, 1.807) is 31.2 Å². The van der Waals surface area contributed by atoms with E-state index in [0.717, 1.165) is 16.7 Å². The Bertz CT molecular complexity index is 1100. The smallest absolute Gasteiger partial charge is 0.329 e. The van der Waals surface area contributed by atoms with Crippen LogP contribution in [0.5, 0.6) is 0 Å². The standard InChI is InChI=1S/C18H15F2N3O3/c1-10(12-7-6-11(19)8-14(12)20)21-16(24)9-23-15-5-3-2-4-13(15)17(25)22-18(23)26/h2-8,10H,9H2,1H3,(H,21,24)(H,22,25,26)/t10-/m0/s1. The molecule has 3 aromatic rings. The van der Waals surface area contributed by atoms with E-state index in [0.29, 0.717) is 5.52 Å². The highest BCUT2D eigenvalue weighted by atomic mass is 19.1. The lowest BCUT2D eigenvalue weighted by Gasteiger charge is -2.16. The monoisotopic (exact) mass is 359 g/mol. The van der Waals surface area contributed by atoms with Crippen LogP contribution in [0.2, 0.25) is 0 Å². The second-order valence-electron chi connectivity index (χ2n) is 5.82. The van der Waals surface area contributed by atoms with Crippen molar-refractivity contribution in [1.29, 1.82) is 0 Å². The Morgan fingerprint density at radius 1 is 1.19 bits per heavy atom. The topological polar surface area (TPSA) is 84.0 Å². The summed E-state index contributed by atoms with van der Waals surface area (Å²) >= 11 is 0. The first kappa shape index (κ1) is 17.5. The first-order valence-electron chi connectivity index (χ1n) is 7.83. The molecule has 1 aromatic heterocycles. The van der Waals surface area contributed by atoms with Crippen LogP contribution in [0, 0.1) is 11.6 Å². The lowest BCUT2D eigenvalue weighted by molar-refractivity contribution is -0.122. The number of aromatic amines is 1. The van der Waals surface area contributed by atoms with Gasteiger partial charge in [0.25, 0.3) is 5.56 Å². The number of H-pyrrole nitrogens is 1. The van der Waals surface area contributed by atoms with E-state index in [-0.39, 0.29) is 17.5 Å². The molecule has 0 saturated heterocycles.